The number of rotatable bonds is 2. The van der Waals surface area contributed by atoms with Crippen LogP contribution >= 0.6 is 0 Å². The molecule has 0 fully saturated rings. The summed E-state index contributed by atoms with van der Waals surface area (Å²) in [6, 6.07) is 7.20. The number of hydrogen-bond donors (Lipinski definition) is 1. The van der Waals surface area contributed by atoms with Gasteiger partial charge < -0.3 is 14.7 Å². The fourth-order valence-corrected chi connectivity index (χ4v) is 2.58. The first-order valence-electron chi connectivity index (χ1n) is 7.07. The zero-order chi connectivity index (χ0) is 15.6. The summed E-state index contributed by atoms with van der Waals surface area (Å²) < 4.78 is 5.40. The van der Waals surface area contributed by atoms with Gasteiger partial charge in [-0.25, -0.2) is 4.79 Å². The van der Waals surface area contributed by atoms with E-state index in [0.29, 0.717) is 13.0 Å². The van der Waals surface area contributed by atoms with Crippen molar-refractivity contribution in [1.82, 2.24) is 4.90 Å². The first-order valence-corrected chi connectivity index (χ1v) is 7.07. The van der Waals surface area contributed by atoms with Crippen LogP contribution in [0.5, 0.6) is 0 Å². The number of amides is 1. The molecule has 0 aliphatic carbocycles. The third-order valence-corrected chi connectivity index (χ3v) is 3.41. The molecule has 0 unspecified atom stereocenters. The Balaban J connectivity index is 2.29. The number of carbonyl (C=O) groups is 2. The molecule has 21 heavy (non-hydrogen) atoms. The number of aliphatic carboxylic acids is 1. The third-order valence-electron chi connectivity index (χ3n) is 3.41. The van der Waals surface area contributed by atoms with Crippen molar-refractivity contribution in [3.8, 4) is 0 Å². The van der Waals surface area contributed by atoms with E-state index in [9.17, 15) is 9.59 Å². The summed E-state index contributed by atoms with van der Waals surface area (Å²) >= 11 is 0. The molecular formula is C16H21NO4. The van der Waals surface area contributed by atoms with Crippen molar-refractivity contribution < 1.29 is 19.4 Å². The van der Waals surface area contributed by atoms with Crippen LogP contribution in [0.4, 0.5) is 4.79 Å². The van der Waals surface area contributed by atoms with Crippen LogP contribution in [-0.2, 0) is 16.0 Å². The molecule has 1 aliphatic heterocycles. The molecule has 0 spiro atoms. The molecule has 5 nitrogen and oxygen atoms in total. The molecule has 1 aliphatic rings. The maximum absolute atomic E-state index is 12.3. The standard InChI is InChI=1S/C16H21NO4/c1-16(2,3)21-15(20)17-9-8-11-6-4-5-7-12(11)13(17)10-14(18)19/h4-7,13H,8-10H2,1-3H3,(H,18,19)/t13-/m1/s1. The number of fused-ring (bicyclic) bond motifs is 1. The lowest BCUT2D eigenvalue weighted by Gasteiger charge is -2.37. The van der Waals surface area contributed by atoms with Crippen molar-refractivity contribution in [3.63, 3.8) is 0 Å². The first kappa shape index (κ1) is 15.4. The molecule has 2 rings (SSSR count). The summed E-state index contributed by atoms with van der Waals surface area (Å²) in [5.74, 6) is -0.926. The van der Waals surface area contributed by atoms with Gasteiger partial charge in [-0.15, -0.1) is 0 Å². The van der Waals surface area contributed by atoms with Gasteiger partial charge in [-0.05, 0) is 38.3 Å². The molecular weight excluding hydrogens is 270 g/mol. The summed E-state index contributed by atoms with van der Waals surface area (Å²) in [5, 5.41) is 9.14. The fraction of sp³-hybridized carbons (Fsp3) is 0.500. The van der Waals surface area contributed by atoms with Gasteiger partial charge in [0.15, 0.2) is 0 Å². The van der Waals surface area contributed by atoms with Crippen molar-refractivity contribution >= 4 is 12.1 Å². The number of carboxylic acid groups (broad SMARTS) is 1. The average molecular weight is 291 g/mol. The minimum atomic E-state index is -0.926. The fourth-order valence-electron chi connectivity index (χ4n) is 2.58. The van der Waals surface area contributed by atoms with Gasteiger partial charge in [0, 0.05) is 6.54 Å². The molecule has 0 radical (unpaired) electrons. The molecule has 0 bridgehead atoms. The van der Waals surface area contributed by atoms with Crippen molar-refractivity contribution in [2.75, 3.05) is 6.54 Å². The van der Waals surface area contributed by atoms with E-state index in [1.54, 1.807) is 20.8 Å². The summed E-state index contributed by atoms with van der Waals surface area (Å²) in [6.07, 6.45) is 0.144. The number of carboxylic acids is 1. The molecule has 5 heteroatoms. The molecule has 1 aromatic carbocycles. The number of ether oxygens (including phenoxy) is 1. The number of benzene rings is 1. The molecule has 1 N–H and O–H groups in total. The third kappa shape index (κ3) is 3.74. The van der Waals surface area contributed by atoms with Crippen molar-refractivity contribution in [2.24, 2.45) is 0 Å². The quantitative estimate of drug-likeness (QED) is 0.909. The van der Waals surface area contributed by atoms with Crippen LogP contribution in [0, 0.1) is 0 Å². The van der Waals surface area contributed by atoms with Crippen LogP contribution < -0.4 is 0 Å². The van der Waals surface area contributed by atoms with E-state index in [2.05, 4.69) is 0 Å². The second-order valence-corrected chi connectivity index (χ2v) is 6.24. The van der Waals surface area contributed by atoms with Gasteiger partial charge in [-0.3, -0.25) is 4.79 Å². The zero-order valence-corrected chi connectivity index (χ0v) is 12.6. The second kappa shape index (κ2) is 5.76. The monoisotopic (exact) mass is 291 g/mol. The summed E-state index contributed by atoms with van der Waals surface area (Å²) in [7, 11) is 0. The maximum Gasteiger partial charge on any atom is 0.410 e. The lowest BCUT2D eigenvalue weighted by atomic mass is 9.91. The van der Waals surface area contributed by atoms with Gasteiger partial charge in [0.2, 0.25) is 0 Å². The van der Waals surface area contributed by atoms with Crippen molar-refractivity contribution in [2.45, 2.75) is 45.3 Å². The molecule has 114 valence electrons. The second-order valence-electron chi connectivity index (χ2n) is 6.24. The highest BCUT2D eigenvalue weighted by Crippen LogP contribution is 2.33. The number of hydrogen-bond acceptors (Lipinski definition) is 3. The summed E-state index contributed by atoms with van der Waals surface area (Å²) in [6.45, 7) is 5.88. The van der Waals surface area contributed by atoms with Crippen LogP contribution in [0.25, 0.3) is 0 Å². The van der Waals surface area contributed by atoms with Gasteiger partial charge in [0.1, 0.15) is 5.60 Å². The van der Waals surface area contributed by atoms with Gasteiger partial charge in [-0.2, -0.15) is 0 Å². The Labute approximate surface area is 124 Å². The Hall–Kier alpha value is -2.04. The number of nitrogens with zero attached hydrogens (tertiary/aromatic N) is 1. The van der Waals surface area contributed by atoms with E-state index in [4.69, 9.17) is 9.84 Å². The van der Waals surface area contributed by atoms with Crippen LogP contribution in [0.1, 0.15) is 44.4 Å². The molecule has 0 aromatic heterocycles. The lowest BCUT2D eigenvalue weighted by Crippen LogP contribution is -2.43. The predicted molar refractivity (Wildman–Crippen MR) is 78.1 cm³/mol. The topological polar surface area (TPSA) is 66.8 Å². The van der Waals surface area contributed by atoms with Gasteiger partial charge >= 0.3 is 12.1 Å². The van der Waals surface area contributed by atoms with Gasteiger partial charge in [0.05, 0.1) is 12.5 Å². The lowest BCUT2D eigenvalue weighted by molar-refractivity contribution is -0.138. The Bertz CT molecular complexity index is 547. The van der Waals surface area contributed by atoms with Gasteiger partial charge in [0.25, 0.3) is 0 Å². The largest absolute Gasteiger partial charge is 0.481 e. The molecule has 1 atom stereocenters. The Morgan fingerprint density at radius 1 is 1.33 bits per heavy atom. The minimum absolute atomic E-state index is 0.115. The maximum atomic E-state index is 12.3. The molecule has 1 amide bonds. The van der Waals surface area contributed by atoms with E-state index in [1.807, 2.05) is 24.3 Å². The summed E-state index contributed by atoms with van der Waals surface area (Å²) in [4.78, 5) is 25.0. The summed E-state index contributed by atoms with van der Waals surface area (Å²) in [5.41, 5.74) is 1.41. The predicted octanol–water partition coefficient (Wildman–Crippen LogP) is 3.00. The van der Waals surface area contributed by atoms with E-state index >= 15 is 0 Å². The van der Waals surface area contributed by atoms with E-state index in [1.165, 1.54) is 4.90 Å². The Morgan fingerprint density at radius 2 is 2.00 bits per heavy atom. The first-order chi connectivity index (χ1) is 9.78. The Morgan fingerprint density at radius 3 is 2.62 bits per heavy atom. The Kier molecular flexibility index (Phi) is 4.21. The molecule has 1 heterocycles. The smallest absolute Gasteiger partial charge is 0.410 e. The molecule has 0 saturated carbocycles. The highest BCUT2D eigenvalue weighted by molar-refractivity contribution is 5.73. The van der Waals surface area contributed by atoms with Crippen molar-refractivity contribution in [3.05, 3.63) is 35.4 Å². The SMILES string of the molecule is CC(C)(C)OC(=O)N1CCc2ccccc2[C@H]1CC(=O)O. The molecule has 1 aromatic rings. The van der Waals surface area contributed by atoms with Gasteiger partial charge in [-0.1, -0.05) is 24.3 Å². The highest BCUT2D eigenvalue weighted by atomic mass is 16.6. The highest BCUT2D eigenvalue weighted by Gasteiger charge is 2.34. The van der Waals surface area contributed by atoms with Crippen molar-refractivity contribution in [1.29, 1.82) is 0 Å². The average Bonchev–Trinajstić information content (AvgIpc) is 2.36. The van der Waals surface area contributed by atoms with Crippen LogP contribution in [0.2, 0.25) is 0 Å². The molecule has 0 saturated heterocycles. The normalized spacial score (nSPS) is 18.0. The van der Waals surface area contributed by atoms with E-state index in [0.717, 1.165) is 11.1 Å². The van der Waals surface area contributed by atoms with E-state index in [-0.39, 0.29) is 6.42 Å². The van der Waals surface area contributed by atoms with Crippen LogP contribution in [0.3, 0.4) is 0 Å². The van der Waals surface area contributed by atoms with Crippen LogP contribution in [-0.4, -0.2) is 34.2 Å². The minimum Gasteiger partial charge on any atom is -0.481 e. The van der Waals surface area contributed by atoms with E-state index < -0.39 is 23.7 Å². The number of carbonyl (C=O) groups excluding carboxylic acids is 1. The van der Waals surface area contributed by atoms with Crippen LogP contribution in [0.15, 0.2) is 24.3 Å². The zero-order valence-electron chi connectivity index (χ0n) is 12.6.